The zero-order valence-electron chi connectivity index (χ0n) is 12.5. The van der Waals surface area contributed by atoms with Crippen LogP contribution in [0.1, 0.15) is 39.3 Å². The maximum Gasteiger partial charge on any atom is 0.0967 e. The van der Waals surface area contributed by atoms with E-state index in [-0.39, 0.29) is 0 Å². The molecular weight excluding hydrogens is 236 g/mol. The van der Waals surface area contributed by atoms with E-state index in [1.54, 1.807) is 0 Å². The van der Waals surface area contributed by atoms with E-state index in [4.69, 9.17) is 0 Å². The van der Waals surface area contributed by atoms with Crippen LogP contribution in [-0.4, -0.2) is 33.0 Å². The predicted molar refractivity (Wildman–Crippen MR) is 77.7 cm³/mol. The molecule has 1 aromatic heterocycles. The second kappa shape index (κ2) is 6.33. The lowest BCUT2D eigenvalue weighted by Crippen LogP contribution is -2.33. The minimum absolute atomic E-state index is 0.612. The number of rotatable bonds is 5. The number of nitrogens with zero attached hydrogens (tertiary/aromatic N) is 4. The van der Waals surface area contributed by atoms with Gasteiger partial charge in [0.25, 0.3) is 0 Å². The highest BCUT2D eigenvalue weighted by molar-refractivity contribution is 4.99. The fourth-order valence-corrected chi connectivity index (χ4v) is 2.69. The highest BCUT2D eigenvalue weighted by atomic mass is 15.4. The van der Waals surface area contributed by atoms with Crippen LogP contribution >= 0.6 is 0 Å². The van der Waals surface area contributed by atoms with Gasteiger partial charge in [-0.1, -0.05) is 31.2 Å². The fourth-order valence-electron chi connectivity index (χ4n) is 2.69. The van der Waals surface area contributed by atoms with Crippen molar-refractivity contribution < 1.29 is 0 Å². The van der Waals surface area contributed by atoms with Crippen LogP contribution in [0.2, 0.25) is 0 Å². The third kappa shape index (κ3) is 4.16. The lowest BCUT2D eigenvalue weighted by atomic mass is 9.91. The normalized spacial score (nSPS) is 18.1. The Bertz CT molecular complexity index is 414. The van der Waals surface area contributed by atoms with Gasteiger partial charge < -0.3 is 0 Å². The Labute approximate surface area is 116 Å². The molecule has 2 heterocycles. The van der Waals surface area contributed by atoms with Crippen LogP contribution in [0.3, 0.4) is 0 Å². The molecule has 1 fully saturated rings. The molecule has 0 N–H and O–H groups in total. The number of allylic oxidation sites excluding steroid dienone is 1. The van der Waals surface area contributed by atoms with E-state index in [1.165, 1.54) is 18.4 Å². The highest BCUT2D eigenvalue weighted by Crippen LogP contribution is 2.23. The van der Waals surface area contributed by atoms with E-state index < -0.39 is 0 Å². The first-order valence-corrected chi connectivity index (χ1v) is 7.31. The molecule has 1 aliphatic rings. The van der Waals surface area contributed by atoms with Crippen molar-refractivity contribution in [1.29, 1.82) is 0 Å². The van der Waals surface area contributed by atoms with Crippen molar-refractivity contribution in [3.63, 3.8) is 0 Å². The van der Waals surface area contributed by atoms with Gasteiger partial charge in [-0.15, -0.1) is 5.10 Å². The third-order valence-electron chi connectivity index (χ3n) is 3.81. The first-order chi connectivity index (χ1) is 9.04. The van der Waals surface area contributed by atoms with Gasteiger partial charge in [0.2, 0.25) is 0 Å². The van der Waals surface area contributed by atoms with Crippen LogP contribution in [0.15, 0.2) is 18.3 Å². The summed E-state index contributed by atoms with van der Waals surface area (Å²) in [7, 11) is 0. The van der Waals surface area contributed by atoms with Gasteiger partial charge in [0.15, 0.2) is 0 Å². The molecule has 4 nitrogen and oxygen atoms in total. The average molecular weight is 262 g/mol. The topological polar surface area (TPSA) is 34.0 Å². The van der Waals surface area contributed by atoms with Gasteiger partial charge in [-0.2, -0.15) is 0 Å². The minimum Gasteiger partial charge on any atom is -0.297 e. The molecule has 0 unspecified atom stereocenters. The van der Waals surface area contributed by atoms with Gasteiger partial charge in [-0.25, -0.2) is 0 Å². The number of hydrogen-bond donors (Lipinski definition) is 0. The summed E-state index contributed by atoms with van der Waals surface area (Å²) in [5.74, 6) is 1.33. The smallest absolute Gasteiger partial charge is 0.0967 e. The van der Waals surface area contributed by atoms with Gasteiger partial charge in [0, 0.05) is 19.3 Å². The largest absolute Gasteiger partial charge is 0.297 e. The standard InChI is InChI=1S/C15H26N4/c1-12(2)9-19-11-15(16-17-19)10-18-7-5-14(6-8-18)13(3)4/h11-12,14H,3,5-10H2,1-2,4H3. The van der Waals surface area contributed by atoms with Crippen LogP contribution in [0.4, 0.5) is 0 Å². The van der Waals surface area contributed by atoms with Crippen molar-refractivity contribution in [2.75, 3.05) is 13.1 Å². The number of aromatic nitrogens is 3. The molecule has 0 bridgehead atoms. The van der Waals surface area contributed by atoms with E-state index in [0.717, 1.165) is 31.9 Å². The Morgan fingerprint density at radius 2 is 2.11 bits per heavy atom. The molecule has 1 saturated heterocycles. The summed E-state index contributed by atoms with van der Waals surface area (Å²) in [6, 6.07) is 0. The lowest BCUT2D eigenvalue weighted by molar-refractivity contribution is 0.189. The summed E-state index contributed by atoms with van der Waals surface area (Å²) in [5.41, 5.74) is 2.43. The number of likely N-dealkylation sites (tertiary alicyclic amines) is 1. The van der Waals surface area contributed by atoms with Crippen LogP contribution < -0.4 is 0 Å². The summed E-state index contributed by atoms with van der Waals surface area (Å²) in [6.07, 6.45) is 4.55. The predicted octanol–water partition coefficient (Wildman–Crippen LogP) is 2.72. The molecule has 0 radical (unpaired) electrons. The third-order valence-corrected chi connectivity index (χ3v) is 3.81. The number of hydrogen-bond acceptors (Lipinski definition) is 3. The maximum absolute atomic E-state index is 4.27. The second-order valence-electron chi connectivity index (χ2n) is 6.22. The zero-order valence-corrected chi connectivity index (χ0v) is 12.5. The Kier molecular flexibility index (Phi) is 4.75. The summed E-state index contributed by atoms with van der Waals surface area (Å²) < 4.78 is 1.96. The van der Waals surface area contributed by atoms with E-state index in [9.17, 15) is 0 Å². The van der Waals surface area contributed by atoms with Crippen LogP contribution in [-0.2, 0) is 13.1 Å². The van der Waals surface area contributed by atoms with Crippen molar-refractivity contribution in [1.82, 2.24) is 19.9 Å². The molecule has 2 rings (SSSR count). The molecule has 1 aromatic rings. The van der Waals surface area contributed by atoms with Crippen molar-refractivity contribution in [3.05, 3.63) is 24.0 Å². The monoisotopic (exact) mass is 262 g/mol. The molecule has 0 saturated carbocycles. The molecule has 0 atom stereocenters. The first-order valence-electron chi connectivity index (χ1n) is 7.31. The van der Waals surface area contributed by atoms with Gasteiger partial charge in [-0.3, -0.25) is 9.58 Å². The molecule has 0 spiro atoms. The molecule has 0 aliphatic carbocycles. The maximum atomic E-state index is 4.27. The second-order valence-corrected chi connectivity index (χ2v) is 6.22. The molecular formula is C15H26N4. The van der Waals surface area contributed by atoms with Gasteiger partial charge >= 0.3 is 0 Å². The van der Waals surface area contributed by atoms with Crippen LogP contribution in [0.25, 0.3) is 0 Å². The number of piperidine rings is 1. The molecule has 1 aliphatic heterocycles. The van der Waals surface area contributed by atoms with Crippen molar-refractivity contribution in [2.45, 2.75) is 46.7 Å². The molecule has 4 heteroatoms. The Morgan fingerprint density at radius 1 is 1.42 bits per heavy atom. The SMILES string of the molecule is C=C(C)C1CCN(Cc2cn(CC(C)C)nn2)CC1. The van der Waals surface area contributed by atoms with Crippen LogP contribution in [0, 0.1) is 11.8 Å². The highest BCUT2D eigenvalue weighted by Gasteiger charge is 2.20. The average Bonchev–Trinajstić information content (AvgIpc) is 2.76. The van der Waals surface area contributed by atoms with E-state index in [0.29, 0.717) is 11.8 Å². The molecule has 0 amide bonds. The van der Waals surface area contributed by atoms with Crippen molar-refractivity contribution >= 4 is 0 Å². The van der Waals surface area contributed by atoms with Gasteiger partial charge in [0.05, 0.1) is 5.69 Å². The summed E-state index contributed by atoms with van der Waals surface area (Å²) in [4.78, 5) is 2.48. The van der Waals surface area contributed by atoms with Crippen LogP contribution in [0.5, 0.6) is 0 Å². The summed E-state index contributed by atoms with van der Waals surface area (Å²) in [6.45, 7) is 14.8. The first kappa shape index (κ1) is 14.3. The fraction of sp³-hybridized carbons (Fsp3) is 0.733. The van der Waals surface area contributed by atoms with Gasteiger partial charge in [0.1, 0.15) is 0 Å². The molecule has 106 valence electrons. The quantitative estimate of drug-likeness (QED) is 0.765. The Morgan fingerprint density at radius 3 is 2.68 bits per heavy atom. The zero-order chi connectivity index (χ0) is 13.8. The Balaban J connectivity index is 1.82. The lowest BCUT2D eigenvalue weighted by Gasteiger charge is -2.31. The molecule has 0 aromatic carbocycles. The van der Waals surface area contributed by atoms with Gasteiger partial charge in [-0.05, 0) is 44.7 Å². The summed E-state index contributed by atoms with van der Waals surface area (Å²) in [5, 5.41) is 8.46. The van der Waals surface area contributed by atoms with E-state index in [1.807, 2.05) is 4.68 Å². The van der Waals surface area contributed by atoms with Crippen molar-refractivity contribution in [2.24, 2.45) is 11.8 Å². The summed E-state index contributed by atoms with van der Waals surface area (Å²) >= 11 is 0. The van der Waals surface area contributed by atoms with E-state index in [2.05, 4.69) is 48.8 Å². The molecule has 19 heavy (non-hydrogen) atoms. The van der Waals surface area contributed by atoms with E-state index >= 15 is 0 Å². The Hall–Kier alpha value is -1.16. The van der Waals surface area contributed by atoms with Crippen molar-refractivity contribution in [3.8, 4) is 0 Å². The minimum atomic E-state index is 0.612.